The molecule has 0 aliphatic carbocycles. The van der Waals surface area contributed by atoms with E-state index < -0.39 is 11.8 Å². The maximum Gasteiger partial charge on any atom is 0.338 e. The van der Waals surface area contributed by atoms with Crippen LogP contribution in [0.1, 0.15) is 34.6 Å². The summed E-state index contributed by atoms with van der Waals surface area (Å²) in [5.41, 5.74) is 1.12. The Labute approximate surface area is 222 Å². The lowest BCUT2D eigenvalue weighted by Crippen LogP contribution is -2.38. The van der Waals surface area contributed by atoms with Crippen molar-refractivity contribution in [3.8, 4) is 11.5 Å². The summed E-state index contributed by atoms with van der Waals surface area (Å²) in [5.74, 6) is -0.175. The molecule has 1 fully saturated rings. The number of aromatic amines is 1. The second-order valence-corrected chi connectivity index (χ2v) is 9.76. The third kappa shape index (κ3) is 5.98. The Bertz CT molecular complexity index is 1440. The minimum Gasteiger partial charge on any atom is -0.490 e. The highest BCUT2D eigenvalue weighted by atomic mass is 35.5. The zero-order valence-electron chi connectivity index (χ0n) is 19.7. The molecule has 0 radical (unpaired) electrons. The number of halogens is 3. The zero-order valence-corrected chi connectivity index (χ0v) is 21.2. The molecule has 37 heavy (non-hydrogen) atoms. The quantitative estimate of drug-likeness (QED) is 0.270. The van der Waals surface area contributed by atoms with Crippen LogP contribution >= 0.6 is 23.2 Å². The number of benzene rings is 3. The lowest BCUT2D eigenvalue weighted by Gasteiger charge is -2.31. The molecular formula is C27H24Cl2FN3O4. The van der Waals surface area contributed by atoms with E-state index in [1.165, 1.54) is 6.07 Å². The number of aromatic carboxylic acids is 1. The molecule has 1 aliphatic rings. The van der Waals surface area contributed by atoms with E-state index in [1.807, 2.05) is 24.3 Å². The van der Waals surface area contributed by atoms with E-state index in [-0.39, 0.29) is 17.2 Å². The number of fused-ring (bicyclic) bond motifs is 1. The van der Waals surface area contributed by atoms with Crippen molar-refractivity contribution in [1.29, 1.82) is 0 Å². The fraction of sp³-hybridized carbons (Fsp3) is 0.259. The van der Waals surface area contributed by atoms with Crippen molar-refractivity contribution >= 4 is 40.2 Å². The number of piperidine rings is 1. The lowest BCUT2D eigenvalue weighted by atomic mass is 10.1. The first-order chi connectivity index (χ1) is 17.9. The number of ether oxygens (including phenoxy) is 2. The lowest BCUT2D eigenvalue weighted by molar-refractivity contribution is 0.0692. The van der Waals surface area contributed by atoms with E-state index in [0.29, 0.717) is 40.3 Å². The highest BCUT2D eigenvalue weighted by Gasteiger charge is 2.23. The Morgan fingerprint density at radius 3 is 2.70 bits per heavy atom. The van der Waals surface area contributed by atoms with Gasteiger partial charge in [-0.05, 0) is 60.9 Å². The molecule has 2 N–H and O–H groups in total. The van der Waals surface area contributed by atoms with Gasteiger partial charge in [-0.3, -0.25) is 4.90 Å². The van der Waals surface area contributed by atoms with Gasteiger partial charge in [-0.2, -0.15) is 0 Å². The summed E-state index contributed by atoms with van der Waals surface area (Å²) in [6.07, 6.45) is 1.74. The van der Waals surface area contributed by atoms with Gasteiger partial charge in [0, 0.05) is 18.1 Å². The summed E-state index contributed by atoms with van der Waals surface area (Å²) in [6, 6.07) is 15.7. The second kappa shape index (κ2) is 11.0. The van der Waals surface area contributed by atoms with Crippen LogP contribution in [0.3, 0.4) is 0 Å². The van der Waals surface area contributed by atoms with Crippen LogP contribution in [0.25, 0.3) is 11.0 Å². The van der Waals surface area contributed by atoms with Gasteiger partial charge in [0.1, 0.15) is 35.6 Å². The molecule has 0 unspecified atom stereocenters. The van der Waals surface area contributed by atoms with E-state index in [2.05, 4.69) is 14.9 Å². The molecule has 0 bridgehead atoms. The van der Waals surface area contributed by atoms with Crippen molar-refractivity contribution in [2.75, 3.05) is 13.1 Å². The maximum absolute atomic E-state index is 14.5. The summed E-state index contributed by atoms with van der Waals surface area (Å²) in [5, 5.41) is 10.1. The standard InChI is InChI=1S/C27H24Cl2FN3O4/c28-17-4-7-23(21(29)13-17)36-15-16-2-1-3-19(12-16)37-18-8-10-33(11-9-18)14-24-31-22-6-5-20(27(34)35)25(30)26(22)32-24/h1-7,12-13,18H,8-11,14-15H2,(H,31,32)(H,34,35). The van der Waals surface area contributed by atoms with Crippen LogP contribution in [0.4, 0.5) is 4.39 Å². The molecule has 4 aromatic rings. The Balaban J connectivity index is 1.14. The van der Waals surface area contributed by atoms with Gasteiger partial charge < -0.3 is 19.6 Å². The molecule has 192 valence electrons. The molecule has 0 atom stereocenters. The van der Waals surface area contributed by atoms with Gasteiger partial charge in [-0.15, -0.1) is 0 Å². The van der Waals surface area contributed by atoms with Crippen molar-refractivity contribution in [3.63, 3.8) is 0 Å². The fourth-order valence-corrected chi connectivity index (χ4v) is 4.85. The number of rotatable bonds is 8. The largest absolute Gasteiger partial charge is 0.490 e. The highest BCUT2D eigenvalue weighted by molar-refractivity contribution is 6.35. The summed E-state index contributed by atoms with van der Waals surface area (Å²) >= 11 is 12.1. The smallest absolute Gasteiger partial charge is 0.338 e. The van der Waals surface area contributed by atoms with Gasteiger partial charge in [0.25, 0.3) is 0 Å². The zero-order chi connectivity index (χ0) is 25.9. The van der Waals surface area contributed by atoms with E-state index in [1.54, 1.807) is 24.3 Å². The molecule has 1 saturated heterocycles. The third-order valence-electron chi connectivity index (χ3n) is 6.27. The molecule has 3 aromatic carbocycles. The molecule has 2 heterocycles. The van der Waals surface area contributed by atoms with Crippen molar-refractivity contribution in [3.05, 3.63) is 87.4 Å². The minimum atomic E-state index is -1.31. The number of imidazole rings is 1. The summed E-state index contributed by atoms with van der Waals surface area (Å²) in [6.45, 7) is 2.46. The van der Waals surface area contributed by atoms with Crippen LogP contribution < -0.4 is 9.47 Å². The predicted octanol–water partition coefficient (Wildman–Crippen LogP) is 6.33. The van der Waals surface area contributed by atoms with E-state index in [0.717, 1.165) is 37.2 Å². The number of aromatic nitrogens is 2. The number of carbonyl (C=O) groups is 1. The van der Waals surface area contributed by atoms with E-state index >= 15 is 0 Å². The number of nitrogens with one attached hydrogen (secondary N) is 1. The van der Waals surface area contributed by atoms with E-state index in [4.69, 9.17) is 37.8 Å². The van der Waals surface area contributed by atoms with E-state index in [9.17, 15) is 9.18 Å². The SMILES string of the molecule is O=C(O)c1ccc2[nH]c(CN3CCC(Oc4cccc(COc5ccc(Cl)cc5Cl)c4)CC3)nc2c1F. The van der Waals surface area contributed by atoms with Crippen LogP contribution in [-0.4, -0.2) is 45.1 Å². The number of H-pyrrole nitrogens is 1. The van der Waals surface area contributed by atoms with Crippen molar-refractivity contribution in [1.82, 2.24) is 14.9 Å². The number of likely N-dealkylation sites (tertiary alicyclic amines) is 1. The number of hydrogen-bond acceptors (Lipinski definition) is 5. The Morgan fingerprint density at radius 1 is 1.14 bits per heavy atom. The van der Waals surface area contributed by atoms with Crippen LogP contribution in [-0.2, 0) is 13.2 Å². The molecule has 10 heteroatoms. The average molecular weight is 544 g/mol. The van der Waals surface area contributed by atoms with Gasteiger partial charge in [0.05, 0.1) is 22.6 Å². The Kier molecular flexibility index (Phi) is 7.50. The van der Waals surface area contributed by atoms with Crippen molar-refractivity contribution in [2.45, 2.75) is 32.1 Å². The predicted molar refractivity (Wildman–Crippen MR) is 139 cm³/mol. The third-order valence-corrected chi connectivity index (χ3v) is 6.80. The summed E-state index contributed by atoms with van der Waals surface area (Å²) in [4.78, 5) is 20.8. The first-order valence-electron chi connectivity index (χ1n) is 11.8. The first kappa shape index (κ1) is 25.3. The fourth-order valence-electron chi connectivity index (χ4n) is 4.38. The van der Waals surface area contributed by atoms with Gasteiger partial charge in [0.15, 0.2) is 5.82 Å². The van der Waals surface area contributed by atoms with Crippen LogP contribution in [0, 0.1) is 5.82 Å². The highest BCUT2D eigenvalue weighted by Crippen LogP contribution is 2.29. The molecule has 1 aromatic heterocycles. The van der Waals surface area contributed by atoms with Crippen molar-refractivity contribution < 1.29 is 23.8 Å². The van der Waals surface area contributed by atoms with Gasteiger partial charge in [-0.25, -0.2) is 14.2 Å². The molecule has 0 saturated carbocycles. The Hall–Kier alpha value is -3.33. The summed E-state index contributed by atoms with van der Waals surface area (Å²) < 4.78 is 26.5. The number of carboxylic acids is 1. The molecular weight excluding hydrogens is 520 g/mol. The van der Waals surface area contributed by atoms with Crippen LogP contribution in [0.5, 0.6) is 11.5 Å². The first-order valence-corrected chi connectivity index (χ1v) is 12.6. The second-order valence-electron chi connectivity index (χ2n) is 8.92. The van der Waals surface area contributed by atoms with Crippen molar-refractivity contribution in [2.24, 2.45) is 0 Å². The minimum absolute atomic E-state index is 0.0512. The van der Waals surface area contributed by atoms with Gasteiger partial charge >= 0.3 is 5.97 Å². The maximum atomic E-state index is 14.5. The number of nitrogens with zero attached hydrogens (tertiary/aromatic N) is 2. The molecule has 1 aliphatic heterocycles. The number of hydrogen-bond donors (Lipinski definition) is 2. The average Bonchev–Trinajstić information content (AvgIpc) is 3.28. The van der Waals surface area contributed by atoms with Gasteiger partial charge in [0.2, 0.25) is 0 Å². The number of carboxylic acid groups (broad SMARTS) is 1. The molecule has 7 nitrogen and oxygen atoms in total. The van der Waals surface area contributed by atoms with Crippen LogP contribution in [0.2, 0.25) is 10.0 Å². The van der Waals surface area contributed by atoms with Crippen LogP contribution in [0.15, 0.2) is 54.6 Å². The summed E-state index contributed by atoms with van der Waals surface area (Å²) in [7, 11) is 0. The molecule has 5 rings (SSSR count). The van der Waals surface area contributed by atoms with Gasteiger partial charge in [-0.1, -0.05) is 35.3 Å². The molecule has 0 amide bonds. The normalized spacial score (nSPS) is 14.7. The molecule has 0 spiro atoms. The Morgan fingerprint density at radius 2 is 1.95 bits per heavy atom. The topological polar surface area (TPSA) is 87.7 Å². The monoisotopic (exact) mass is 543 g/mol.